The van der Waals surface area contributed by atoms with Gasteiger partial charge in [0.1, 0.15) is 23.5 Å². The molecule has 13 nitrogen and oxygen atoms in total. The number of benzene rings is 1. The second kappa shape index (κ2) is 17.2. The lowest BCUT2D eigenvalue weighted by atomic mass is 9.85. The van der Waals surface area contributed by atoms with Gasteiger partial charge in [0, 0.05) is 43.5 Å². The average molecular weight is 639 g/mol. The number of hydrogen-bond donors (Lipinski definition) is 4. The first-order chi connectivity index (χ1) is 20.6. The second-order valence-corrected chi connectivity index (χ2v) is 13.2. The summed E-state index contributed by atoms with van der Waals surface area (Å²) in [6.07, 6.45) is -1.57. The van der Waals surface area contributed by atoms with E-state index >= 15 is 0 Å². The summed E-state index contributed by atoms with van der Waals surface area (Å²) in [5.74, 6) is -0.304. The van der Waals surface area contributed by atoms with E-state index in [0.29, 0.717) is 18.8 Å². The number of thioether (sulfide) groups is 1. The molecule has 5 N–H and O–H groups in total. The van der Waals surface area contributed by atoms with E-state index < -0.39 is 41.5 Å². The molecule has 2 rings (SSSR count). The Bertz CT molecular complexity index is 1140. The molecule has 0 aromatic heterocycles. The van der Waals surface area contributed by atoms with E-state index in [0.717, 1.165) is 23.1 Å². The standard InChI is InChI=1S/C30H46N4O9S/c1-29(2,3)43-28(39)34-21(26(31)37)11-12-23(36)44-16-15-32-22(35)13-14-33-27(38)25-30(4,5)18-41-24(42-25)17-19-7-9-20(40-6)10-8-19/h7-10,21,24-25H,11-18H2,1-6H3,(H2,31,37)(H,32,35)(H,33,38)(H,34,39)/t21?,24?,25-/m0/s1. The summed E-state index contributed by atoms with van der Waals surface area (Å²) in [6, 6.07) is 6.49. The molecule has 1 fully saturated rings. The number of rotatable bonds is 15. The number of alkyl carbamates (subject to hydrolysis) is 1. The summed E-state index contributed by atoms with van der Waals surface area (Å²) in [4.78, 5) is 60.9. The van der Waals surface area contributed by atoms with Crippen LogP contribution in [0.5, 0.6) is 5.75 Å². The average Bonchev–Trinajstić information content (AvgIpc) is 2.93. The molecule has 246 valence electrons. The van der Waals surface area contributed by atoms with Crippen LogP contribution in [0.4, 0.5) is 4.79 Å². The van der Waals surface area contributed by atoms with Crippen molar-refractivity contribution in [3.63, 3.8) is 0 Å². The zero-order valence-electron chi connectivity index (χ0n) is 26.4. The van der Waals surface area contributed by atoms with Crippen LogP contribution in [0.15, 0.2) is 24.3 Å². The summed E-state index contributed by atoms with van der Waals surface area (Å²) in [7, 11) is 1.60. The molecular formula is C30H46N4O9S. The zero-order valence-corrected chi connectivity index (χ0v) is 27.2. The highest BCUT2D eigenvalue weighted by Crippen LogP contribution is 2.31. The van der Waals surface area contributed by atoms with Crippen LogP contribution in [-0.4, -0.2) is 85.5 Å². The number of carbonyl (C=O) groups excluding carboxylic acids is 5. The van der Waals surface area contributed by atoms with Crippen molar-refractivity contribution < 1.29 is 42.9 Å². The van der Waals surface area contributed by atoms with Gasteiger partial charge in [-0.25, -0.2) is 4.79 Å². The van der Waals surface area contributed by atoms with E-state index in [4.69, 9.17) is 24.7 Å². The Hall–Kier alpha value is -3.36. The van der Waals surface area contributed by atoms with Crippen LogP contribution in [0.3, 0.4) is 0 Å². The number of nitrogens with one attached hydrogen (secondary N) is 3. The lowest BCUT2D eigenvalue weighted by molar-refractivity contribution is -0.253. The summed E-state index contributed by atoms with van der Waals surface area (Å²) < 4.78 is 22.2. The number of amides is 4. The molecule has 1 aromatic carbocycles. The molecular weight excluding hydrogens is 592 g/mol. The number of methoxy groups -OCH3 is 1. The van der Waals surface area contributed by atoms with Crippen molar-refractivity contribution in [2.24, 2.45) is 11.1 Å². The third kappa shape index (κ3) is 13.5. The zero-order chi connectivity index (χ0) is 32.9. The molecule has 1 aromatic rings. The SMILES string of the molecule is COc1ccc(CC2OCC(C)(C)[C@H](C(=O)NCCC(=O)NCCSC(=O)CCC(NC(=O)OC(C)(C)C)C(N)=O)O2)cc1. The first-order valence-corrected chi connectivity index (χ1v) is 15.5. The maximum absolute atomic E-state index is 12.9. The third-order valence-electron chi connectivity index (χ3n) is 6.45. The largest absolute Gasteiger partial charge is 0.497 e. The highest BCUT2D eigenvalue weighted by molar-refractivity contribution is 8.13. The van der Waals surface area contributed by atoms with Crippen LogP contribution in [0.25, 0.3) is 0 Å². The number of nitrogens with two attached hydrogens (primary N) is 1. The molecule has 0 spiro atoms. The normalized spacial score (nSPS) is 18.4. The molecule has 1 aliphatic heterocycles. The van der Waals surface area contributed by atoms with Crippen molar-refractivity contribution in [3.8, 4) is 5.75 Å². The van der Waals surface area contributed by atoms with Gasteiger partial charge in [-0.1, -0.05) is 37.7 Å². The third-order valence-corrected chi connectivity index (χ3v) is 7.38. The minimum absolute atomic E-state index is 0.000368. The molecule has 4 amide bonds. The molecule has 14 heteroatoms. The van der Waals surface area contributed by atoms with Gasteiger partial charge in [-0.05, 0) is 44.9 Å². The molecule has 0 saturated carbocycles. The van der Waals surface area contributed by atoms with Crippen molar-refractivity contribution in [1.29, 1.82) is 0 Å². The molecule has 0 aliphatic carbocycles. The highest BCUT2D eigenvalue weighted by Gasteiger charge is 2.42. The molecule has 3 atom stereocenters. The van der Waals surface area contributed by atoms with E-state index in [1.54, 1.807) is 27.9 Å². The Morgan fingerprint density at radius 3 is 2.36 bits per heavy atom. The smallest absolute Gasteiger partial charge is 0.408 e. The molecule has 2 unspecified atom stereocenters. The van der Waals surface area contributed by atoms with Gasteiger partial charge in [0.25, 0.3) is 0 Å². The molecule has 0 radical (unpaired) electrons. The monoisotopic (exact) mass is 638 g/mol. The Morgan fingerprint density at radius 2 is 1.75 bits per heavy atom. The minimum atomic E-state index is -1.04. The van der Waals surface area contributed by atoms with Crippen molar-refractivity contribution in [3.05, 3.63) is 29.8 Å². The van der Waals surface area contributed by atoms with Crippen LogP contribution in [-0.2, 0) is 39.8 Å². The molecule has 1 heterocycles. The minimum Gasteiger partial charge on any atom is -0.497 e. The molecule has 1 aliphatic rings. The van der Waals surface area contributed by atoms with Gasteiger partial charge in [-0.15, -0.1) is 0 Å². The van der Waals surface area contributed by atoms with E-state index in [9.17, 15) is 24.0 Å². The van der Waals surface area contributed by atoms with Gasteiger partial charge >= 0.3 is 6.09 Å². The van der Waals surface area contributed by atoms with Crippen LogP contribution in [0.2, 0.25) is 0 Å². The lowest BCUT2D eigenvalue weighted by Gasteiger charge is -2.41. The number of ether oxygens (including phenoxy) is 4. The Labute approximate surface area is 263 Å². The van der Waals surface area contributed by atoms with Crippen LogP contribution in [0.1, 0.15) is 59.4 Å². The quantitative estimate of drug-likeness (QED) is 0.207. The van der Waals surface area contributed by atoms with E-state index in [-0.39, 0.29) is 49.3 Å². The van der Waals surface area contributed by atoms with Crippen molar-refractivity contribution >= 4 is 40.7 Å². The molecule has 0 bridgehead atoms. The molecule has 1 saturated heterocycles. The van der Waals surface area contributed by atoms with Gasteiger partial charge in [0.2, 0.25) is 17.7 Å². The summed E-state index contributed by atoms with van der Waals surface area (Å²) in [6.45, 7) is 9.53. The Kier molecular flexibility index (Phi) is 14.4. The van der Waals surface area contributed by atoms with Crippen molar-refractivity contribution in [2.75, 3.05) is 32.6 Å². The lowest BCUT2D eigenvalue weighted by Crippen LogP contribution is -2.54. The summed E-state index contributed by atoms with van der Waals surface area (Å²) >= 11 is 0.997. The first kappa shape index (κ1) is 36.8. The number of hydrogen-bond acceptors (Lipinski definition) is 10. The predicted molar refractivity (Wildman–Crippen MR) is 165 cm³/mol. The second-order valence-electron chi connectivity index (χ2n) is 12.0. The fourth-order valence-electron chi connectivity index (χ4n) is 4.14. The Morgan fingerprint density at radius 1 is 1.07 bits per heavy atom. The van der Waals surface area contributed by atoms with Gasteiger partial charge in [0.15, 0.2) is 11.4 Å². The topological polar surface area (TPSA) is 184 Å². The molecule has 44 heavy (non-hydrogen) atoms. The van der Waals surface area contributed by atoms with Crippen LogP contribution < -0.4 is 26.4 Å². The van der Waals surface area contributed by atoms with E-state index in [2.05, 4.69) is 16.0 Å². The number of carbonyl (C=O) groups is 5. The highest BCUT2D eigenvalue weighted by atomic mass is 32.2. The summed E-state index contributed by atoms with van der Waals surface area (Å²) in [5, 5.41) is 7.65. The van der Waals surface area contributed by atoms with Crippen LogP contribution >= 0.6 is 11.8 Å². The van der Waals surface area contributed by atoms with E-state index in [1.165, 1.54) is 0 Å². The van der Waals surface area contributed by atoms with Gasteiger partial charge < -0.3 is 40.6 Å². The fourth-order valence-corrected chi connectivity index (χ4v) is 4.84. The van der Waals surface area contributed by atoms with Crippen LogP contribution in [0, 0.1) is 5.41 Å². The maximum atomic E-state index is 12.9. The number of primary amides is 1. The van der Waals surface area contributed by atoms with Gasteiger partial charge in [-0.3, -0.25) is 19.2 Å². The van der Waals surface area contributed by atoms with Crippen molar-refractivity contribution in [1.82, 2.24) is 16.0 Å². The maximum Gasteiger partial charge on any atom is 0.408 e. The van der Waals surface area contributed by atoms with Crippen molar-refractivity contribution in [2.45, 2.75) is 84.3 Å². The Balaban J connectivity index is 1.66. The summed E-state index contributed by atoms with van der Waals surface area (Å²) in [5.41, 5.74) is 5.01. The van der Waals surface area contributed by atoms with E-state index in [1.807, 2.05) is 38.1 Å². The fraction of sp³-hybridized carbons (Fsp3) is 0.633. The predicted octanol–water partition coefficient (Wildman–Crippen LogP) is 2.05. The first-order valence-electron chi connectivity index (χ1n) is 14.5. The van der Waals surface area contributed by atoms with Gasteiger partial charge in [-0.2, -0.15) is 0 Å². The van der Waals surface area contributed by atoms with Gasteiger partial charge in [0.05, 0.1) is 13.7 Å².